The molecule has 19 heavy (non-hydrogen) atoms. The van der Waals surface area contributed by atoms with Crippen molar-refractivity contribution in [3.63, 3.8) is 0 Å². The summed E-state index contributed by atoms with van der Waals surface area (Å²) in [5.74, 6) is 2.55. The maximum atomic E-state index is 6.19. The predicted octanol–water partition coefficient (Wildman–Crippen LogP) is 2.25. The minimum atomic E-state index is 0.440. The van der Waals surface area contributed by atoms with Crippen LogP contribution in [0.5, 0.6) is 5.75 Å². The predicted molar refractivity (Wildman–Crippen MR) is 77.1 cm³/mol. The largest absolute Gasteiger partial charge is 0.494 e. The van der Waals surface area contributed by atoms with Crippen LogP contribution in [-0.4, -0.2) is 30.6 Å². The van der Waals surface area contributed by atoms with Gasteiger partial charge in [0.1, 0.15) is 5.75 Å². The Kier molecular flexibility index (Phi) is 3.76. The first kappa shape index (κ1) is 12.9. The van der Waals surface area contributed by atoms with Gasteiger partial charge in [-0.15, -0.1) is 0 Å². The van der Waals surface area contributed by atoms with Crippen LogP contribution < -0.4 is 10.5 Å². The molecular formula is C16H24N2O. The molecule has 2 aliphatic rings. The van der Waals surface area contributed by atoms with Crippen molar-refractivity contribution in [2.24, 2.45) is 17.6 Å². The van der Waals surface area contributed by atoms with Gasteiger partial charge < -0.3 is 10.5 Å². The molecule has 0 bridgehead atoms. The number of nitrogens with zero attached hydrogens (tertiary/aromatic N) is 1. The Morgan fingerprint density at radius 1 is 1.21 bits per heavy atom. The lowest BCUT2D eigenvalue weighted by Crippen LogP contribution is -2.30. The highest BCUT2D eigenvalue weighted by Crippen LogP contribution is 2.37. The Hall–Kier alpha value is -1.06. The molecule has 1 aromatic rings. The van der Waals surface area contributed by atoms with Crippen molar-refractivity contribution < 1.29 is 4.74 Å². The van der Waals surface area contributed by atoms with Crippen LogP contribution in [0.2, 0.25) is 0 Å². The van der Waals surface area contributed by atoms with Crippen LogP contribution in [0, 0.1) is 11.8 Å². The van der Waals surface area contributed by atoms with E-state index in [-0.39, 0.29) is 0 Å². The van der Waals surface area contributed by atoms with E-state index in [1.807, 2.05) is 6.92 Å². The van der Waals surface area contributed by atoms with Crippen molar-refractivity contribution in [3.8, 4) is 5.75 Å². The fourth-order valence-electron chi connectivity index (χ4n) is 3.64. The van der Waals surface area contributed by atoms with Gasteiger partial charge in [0.15, 0.2) is 0 Å². The Morgan fingerprint density at radius 2 is 2.00 bits per heavy atom. The summed E-state index contributed by atoms with van der Waals surface area (Å²) in [6, 6.07) is 8.94. The molecule has 3 atom stereocenters. The van der Waals surface area contributed by atoms with E-state index in [4.69, 9.17) is 10.5 Å². The Bertz CT molecular complexity index is 417. The van der Waals surface area contributed by atoms with Gasteiger partial charge in [-0.05, 0) is 49.3 Å². The van der Waals surface area contributed by atoms with Crippen molar-refractivity contribution in [3.05, 3.63) is 29.8 Å². The third-order valence-corrected chi connectivity index (χ3v) is 4.63. The maximum Gasteiger partial charge on any atom is 0.119 e. The third-order valence-electron chi connectivity index (χ3n) is 4.63. The lowest BCUT2D eigenvalue weighted by molar-refractivity contribution is 0.297. The van der Waals surface area contributed by atoms with Crippen LogP contribution in [0.1, 0.15) is 25.3 Å². The molecule has 3 unspecified atom stereocenters. The van der Waals surface area contributed by atoms with E-state index < -0.39 is 0 Å². The lowest BCUT2D eigenvalue weighted by Gasteiger charge is -2.18. The molecule has 0 aromatic heterocycles. The SMILES string of the molecule is CCOc1ccc(CN2CC3CCC(N)C3C2)cc1. The van der Waals surface area contributed by atoms with Crippen LogP contribution in [0.3, 0.4) is 0 Å². The molecular weight excluding hydrogens is 236 g/mol. The van der Waals surface area contributed by atoms with Gasteiger partial charge in [0.25, 0.3) is 0 Å². The first-order chi connectivity index (χ1) is 9.26. The molecule has 104 valence electrons. The van der Waals surface area contributed by atoms with Gasteiger partial charge >= 0.3 is 0 Å². The minimum absolute atomic E-state index is 0.440. The van der Waals surface area contributed by atoms with E-state index in [1.165, 1.54) is 31.5 Å². The molecule has 1 saturated heterocycles. The number of nitrogens with two attached hydrogens (primary N) is 1. The van der Waals surface area contributed by atoms with Crippen molar-refractivity contribution >= 4 is 0 Å². The summed E-state index contributed by atoms with van der Waals surface area (Å²) in [6.07, 6.45) is 2.55. The quantitative estimate of drug-likeness (QED) is 0.902. The van der Waals surface area contributed by atoms with Gasteiger partial charge in [0.2, 0.25) is 0 Å². The van der Waals surface area contributed by atoms with Crippen LogP contribution in [0.15, 0.2) is 24.3 Å². The number of rotatable bonds is 4. The second kappa shape index (κ2) is 5.51. The normalized spacial score (nSPS) is 30.5. The molecule has 1 heterocycles. The molecule has 0 spiro atoms. The zero-order chi connectivity index (χ0) is 13.2. The second-order valence-electron chi connectivity index (χ2n) is 5.94. The Labute approximate surface area is 115 Å². The number of hydrogen-bond donors (Lipinski definition) is 1. The lowest BCUT2D eigenvalue weighted by atomic mass is 9.98. The van der Waals surface area contributed by atoms with Gasteiger partial charge in [0.05, 0.1) is 6.61 Å². The van der Waals surface area contributed by atoms with E-state index >= 15 is 0 Å². The van der Waals surface area contributed by atoms with Crippen LogP contribution in [-0.2, 0) is 6.54 Å². The van der Waals surface area contributed by atoms with E-state index in [0.717, 1.165) is 30.7 Å². The smallest absolute Gasteiger partial charge is 0.119 e. The highest BCUT2D eigenvalue weighted by molar-refractivity contribution is 5.27. The summed E-state index contributed by atoms with van der Waals surface area (Å²) in [7, 11) is 0. The molecule has 1 aliphatic carbocycles. The van der Waals surface area contributed by atoms with Gasteiger partial charge in [-0.3, -0.25) is 4.90 Å². The average Bonchev–Trinajstić information content (AvgIpc) is 2.95. The van der Waals surface area contributed by atoms with Crippen molar-refractivity contribution in [1.29, 1.82) is 0 Å². The summed E-state index contributed by atoms with van der Waals surface area (Å²) in [6.45, 7) is 6.20. The molecule has 0 radical (unpaired) electrons. The van der Waals surface area contributed by atoms with E-state index in [1.54, 1.807) is 0 Å². The van der Waals surface area contributed by atoms with Crippen LogP contribution in [0.4, 0.5) is 0 Å². The van der Waals surface area contributed by atoms with Crippen molar-refractivity contribution in [2.75, 3.05) is 19.7 Å². The first-order valence-corrected chi connectivity index (χ1v) is 7.46. The van der Waals surface area contributed by atoms with Gasteiger partial charge in [0, 0.05) is 25.7 Å². The number of likely N-dealkylation sites (tertiary alicyclic amines) is 1. The molecule has 3 nitrogen and oxygen atoms in total. The van der Waals surface area contributed by atoms with Gasteiger partial charge in [-0.25, -0.2) is 0 Å². The summed E-state index contributed by atoms with van der Waals surface area (Å²) in [4.78, 5) is 2.56. The average molecular weight is 260 g/mol. The number of fused-ring (bicyclic) bond motifs is 1. The second-order valence-corrected chi connectivity index (χ2v) is 5.94. The standard InChI is InChI=1S/C16H24N2O/c1-2-19-14-6-3-12(4-7-14)9-18-10-13-5-8-16(17)15(13)11-18/h3-4,6-7,13,15-16H,2,5,8-11,17H2,1H3. The summed E-state index contributed by atoms with van der Waals surface area (Å²) < 4.78 is 5.48. The fourth-order valence-corrected chi connectivity index (χ4v) is 3.64. The molecule has 1 aromatic carbocycles. The van der Waals surface area contributed by atoms with Gasteiger partial charge in [-0.2, -0.15) is 0 Å². The molecule has 1 saturated carbocycles. The molecule has 3 heteroatoms. The molecule has 3 rings (SSSR count). The zero-order valence-corrected chi connectivity index (χ0v) is 11.7. The number of benzene rings is 1. The number of hydrogen-bond acceptors (Lipinski definition) is 3. The Balaban J connectivity index is 1.57. The van der Waals surface area contributed by atoms with Crippen LogP contribution >= 0.6 is 0 Å². The summed E-state index contributed by atoms with van der Waals surface area (Å²) in [5, 5.41) is 0. The monoisotopic (exact) mass is 260 g/mol. The molecule has 1 aliphatic heterocycles. The van der Waals surface area contributed by atoms with Crippen molar-refractivity contribution in [1.82, 2.24) is 4.90 Å². The van der Waals surface area contributed by atoms with E-state index in [9.17, 15) is 0 Å². The van der Waals surface area contributed by atoms with E-state index in [2.05, 4.69) is 29.2 Å². The summed E-state index contributed by atoms with van der Waals surface area (Å²) in [5.41, 5.74) is 7.56. The Morgan fingerprint density at radius 3 is 2.68 bits per heavy atom. The van der Waals surface area contributed by atoms with Crippen molar-refractivity contribution in [2.45, 2.75) is 32.4 Å². The molecule has 0 amide bonds. The topological polar surface area (TPSA) is 38.5 Å². The highest BCUT2D eigenvalue weighted by atomic mass is 16.5. The van der Waals surface area contributed by atoms with E-state index in [0.29, 0.717) is 6.04 Å². The molecule has 2 N–H and O–H groups in total. The highest BCUT2D eigenvalue weighted by Gasteiger charge is 2.40. The number of ether oxygens (including phenoxy) is 1. The zero-order valence-electron chi connectivity index (χ0n) is 11.7. The summed E-state index contributed by atoms with van der Waals surface area (Å²) >= 11 is 0. The van der Waals surface area contributed by atoms with Crippen LogP contribution in [0.25, 0.3) is 0 Å². The van der Waals surface area contributed by atoms with Gasteiger partial charge in [-0.1, -0.05) is 12.1 Å². The molecule has 2 fully saturated rings. The third kappa shape index (κ3) is 2.77. The fraction of sp³-hybridized carbons (Fsp3) is 0.625. The first-order valence-electron chi connectivity index (χ1n) is 7.46. The minimum Gasteiger partial charge on any atom is -0.494 e. The maximum absolute atomic E-state index is 6.19.